The Balaban J connectivity index is 2.29. The Morgan fingerprint density at radius 1 is 1.26 bits per heavy atom. The molecular weight excluding hydrogens is 298 g/mol. The predicted molar refractivity (Wildman–Crippen MR) is 84.2 cm³/mol. The number of rotatable bonds is 2. The Labute approximate surface area is 136 Å². The monoisotopic (exact) mass is 321 g/mol. The van der Waals surface area contributed by atoms with Gasteiger partial charge >= 0.3 is 12.1 Å². The van der Waals surface area contributed by atoms with Crippen LogP contribution in [0.15, 0.2) is 24.3 Å². The van der Waals surface area contributed by atoms with Gasteiger partial charge in [-0.05, 0) is 52.3 Å². The smallest absolute Gasteiger partial charge is 0.413 e. The predicted octanol–water partition coefficient (Wildman–Crippen LogP) is 3.43. The van der Waals surface area contributed by atoms with Gasteiger partial charge in [0.2, 0.25) is 0 Å². The van der Waals surface area contributed by atoms with Crippen molar-refractivity contribution in [2.75, 3.05) is 6.61 Å². The van der Waals surface area contributed by atoms with Crippen molar-refractivity contribution in [1.29, 1.82) is 0 Å². The summed E-state index contributed by atoms with van der Waals surface area (Å²) in [5.74, 6) is -0.983. The van der Waals surface area contributed by atoms with Crippen LogP contribution < -0.4 is 0 Å². The molecule has 1 heterocycles. The van der Waals surface area contributed by atoms with Crippen LogP contribution in [-0.4, -0.2) is 40.0 Å². The van der Waals surface area contributed by atoms with Gasteiger partial charge in [-0.1, -0.05) is 12.1 Å². The molecule has 0 bridgehead atoms. The molecule has 126 valence electrons. The standard InChI is InChI=1S/C17H23NO5/c1-16(2,3)23-15(21)18-13(10-22-17(18,4)5)11-6-8-12(9-7-11)14(19)20/h6-9,13H,10H2,1-5H3,(H,19,20)/t13-/m1/s1. The number of carboxylic acids is 1. The second-order valence-corrected chi connectivity index (χ2v) is 7.05. The van der Waals surface area contributed by atoms with E-state index in [1.165, 1.54) is 12.1 Å². The summed E-state index contributed by atoms with van der Waals surface area (Å²) in [7, 11) is 0. The quantitative estimate of drug-likeness (QED) is 0.903. The number of ether oxygens (including phenoxy) is 2. The van der Waals surface area contributed by atoms with Gasteiger partial charge in [0.1, 0.15) is 11.3 Å². The Hall–Kier alpha value is -2.08. The first kappa shape index (κ1) is 17.3. The Kier molecular flexibility index (Phi) is 4.39. The summed E-state index contributed by atoms with van der Waals surface area (Å²) in [5.41, 5.74) is -0.381. The van der Waals surface area contributed by atoms with E-state index in [0.29, 0.717) is 6.61 Å². The summed E-state index contributed by atoms with van der Waals surface area (Å²) in [6, 6.07) is 6.14. The van der Waals surface area contributed by atoms with Gasteiger partial charge < -0.3 is 14.6 Å². The highest BCUT2D eigenvalue weighted by molar-refractivity contribution is 5.87. The molecule has 1 aliphatic heterocycles. The Morgan fingerprint density at radius 3 is 2.30 bits per heavy atom. The molecular formula is C17H23NO5. The minimum absolute atomic E-state index is 0.204. The first-order valence-corrected chi connectivity index (χ1v) is 7.51. The molecule has 1 aliphatic rings. The SMILES string of the molecule is CC(C)(C)OC(=O)N1[C@@H](c2ccc(C(=O)O)cc2)COC1(C)C. The van der Waals surface area contributed by atoms with Crippen molar-refractivity contribution in [1.82, 2.24) is 4.90 Å². The number of carbonyl (C=O) groups excluding carboxylic acids is 1. The summed E-state index contributed by atoms with van der Waals surface area (Å²) < 4.78 is 11.2. The molecule has 1 amide bonds. The molecule has 0 spiro atoms. The second-order valence-electron chi connectivity index (χ2n) is 7.05. The molecule has 0 unspecified atom stereocenters. The number of aromatic carboxylic acids is 1. The fraction of sp³-hybridized carbons (Fsp3) is 0.529. The maximum Gasteiger partial charge on any atom is 0.413 e. The summed E-state index contributed by atoms with van der Waals surface area (Å²) in [4.78, 5) is 25.1. The fourth-order valence-electron chi connectivity index (χ4n) is 2.55. The average Bonchev–Trinajstić information content (AvgIpc) is 2.72. The van der Waals surface area contributed by atoms with E-state index in [2.05, 4.69) is 0 Å². The van der Waals surface area contributed by atoms with Gasteiger partial charge in [-0.25, -0.2) is 9.59 Å². The minimum Gasteiger partial charge on any atom is -0.478 e. The van der Waals surface area contributed by atoms with E-state index in [1.54, 1.807) is 17.0 Å². The number of nitrogens with zero attached hydrogens (tertiary/aromatic N) is 1. The van der Waals surface area contributed by atoms with Gasteiger partial charge in [0.25, 0.3) is 0 Å². The van der Waals surface area contributed by atoms with Crippen LogP contribution >= 0.6 is 0 Å². The third kappa shape index (κ3) is 3.82. The zero-order valence-electron chi connectivity index (χ0n) is 14.1. The van der Waals surface area contributed by atoms with Crippen LogP contribution in [0, 0.1) is 0 Å². The molecule has 6 nitrogen and oxygen atoms in total. The molecule has 0 aromatic heterocycles. The first-order chi connectivity index (χ1) is 10.5. The number of amides is 1. The lowest BCUT2D eigenvalue weighted by atomic mass is 10.0. The third-order valence-corrected chi connectivity index (χ3v) is 3.62. The number of carbonyl (C=O) groups is 2. The topological polar surface area (TPSA) is 76.1 Å². The van der Waals surface area contributed by atoms with E-state index in [-0.39, 0.29) is 11.6 Å². The molecule has 1 aromatic carbocycles. The van der Waals surface area contributed by atoms with Gasteiger partial charge in [-0.15, -0.1) is 0 Å². The van der Waals surface area contributed by atoms with E-state index in [0.717, 1.165) is 5.56 Å². The van der Waals surface area contributed by atoms with Crippen LogP contribution in [0.4, 0.5) is 4.79 Å². The fourth-order valence-corrected chi connectivity index (χ4v) is 2.55. The molecule has 1 aromatic rings. The molecule has 1 N–H and O–H groups in total. The molecule has 0 radical (unpaired) electrons. The normalized spacial score (nSPS) is 20.4. The number of carboxylic acid groups (broad SMARTS) is 1. The van der Waals surface area contributed by atoms with Crippen molar-refractivity contribution in [3.63, 3.8) is 0 Å². The lowest BCUT2D eigenvalue weighted by Crippen LogP contribution is -2.47. The van der Waals surface area contributed by atoms with Gasteiger partial charge in [0.05, 0.1) is 18.2 Å². The lowest BCUT2D eigenvalue weighted by Gasteiger charge is -2.35. The zero-order chi connectivity index (χ0) is 17.4. The molecule has 1 fully saturated rings. The van der Waals surface area contributed by atoms with Gasteiger partial charge in [0.15, 0.2) is 0 Å². The van der Waals surface area contributed by atoms with Crippen LogP contribution in [0.1, 0.15) is 56.6 Å². The average molecular weight is 321 g/mol. The van der Waals surface area contributed by atoms with Crippen molar-refractivity contribution in [2.45, 2.75) is 52.0 Å². The molecule has 0 saturated carbocycles. The van der Waals surface area contributed by atoms with Crippen LogP contribution in [0.25, 0.3) is 0 Å². The third-order valence-electron chi connectivity index (χ3n) is 3.62. The van der Waals surface area contributed by atoms with E-state index in [9.17, 15) is 9.59 Å². The molecule has 2 rings (SSSR count). The molecule has 23 heavy (non-hydrogen) atoms. The van der Waals surface area contributed by atoms with Crippen molar-refractivity contribution in [2.24, 2.45) is 0 Å². The van der Waals surface area contributed by atoms with Gasteiger partial charge in [-0.2, -0.15) is 0 Å². The van der Waals surface area contributed by atoms with E-state index in [4.69, 9.17) is 14.6 Å². The van der Waals surface area contributed by atoms with Crippen molar-refractivity contribution in [3.8, 4) is 0 Å². The maximum absolute atomic E-state index is 12.6. The number of hydrogen-bond donors (Lipinski definition) is 1. The summed E-state index contributed by atoms with van der Waals surface area (Å²) in [6.45, 7) is 9.38. The van der Waals surface area contributed by atoms with Crippen LogP contribution in [0.2, 0.25) is 0 Å². The first-order valence-electron chi connectivity index (χ1n) is 7.51. The van der Waals surface area contributed by atoms with E-state index >= 15 is 0 Å². The molecule has 6 heteroatoms. The number of hydrogen-bond acceptors (Lipinski definition) is 4. The highest BCUT2D eigenvalue weighted by atomic mass is 16.6. The van der Waals surface area contributed by atoms with Crippen LogP contribution in [-0.2, 0) is 9.47 Å². The van der Waals surface area contributed by atoms with Gasteiger partial charge in [0, 0.05) is 0 Å². The highest BCUT2D eigenvalue weighted by Gasteiger charge is 2.46. The number of benzene rings is 1. The maximum atomic E-state index is 12.6. The van der Waals surface area contributed by atoms with Crippen molar-refractivity contribution >= 4 is 12.1 Å². The minimum atomic E-state index is -0.983. The summed E-state index contributed by atoms with van der Waals surface area (Å²) in [6.07, 6.45) is -0.452. The largest absolute Gasteiger partial charge is 0.478 e. The van der Waals surface area contributed by atoms with Crippen LogP contribution in [0.3, 0.4) is 0 Å². The summed E-state index contributed by atoms with van der Waals surface area (Å²) in [5, 5.41) is 8.98. The van der Waals surface area contributed by atoms with Crippen LogP contribution in [0.5, 0.6) is 0 Å². The van der Waals surface area contributed by atoms with E-state index in [1.807, 2.05) is 34.6 Å². The molecule has 1 atom stereocenters. The summed E-state index contributed by atoms with van der Waals surface area (Å²) >= 11 is 0. The van der Waals surface area contributed by atoms with Crippen molar-refractivity contribution < 1.29 is 24.2 Å². The highest BCUT2D eigenvalue weighted by Crippen LogP contribution is 2.38. The van der Waals surface area contributed by atoms with E-state index < -0.39 is 23.4 Å². The van der Waals surface area contributed by atoms with Crippen molar-refractivity contribution in [3.05, 3.63) is 35.4 Å². The molecule has 1 saturated heterocycles. The molecule has 0 aliphatic carbocycles. The second kappa shape index (κ2) is 5.85. The Morgan fingerprint density at radius 2 is 1.83 bits per heavy atom. The lowest BCUT2D eigenvalue weighted by molar-refractivity contribution is -0.0626. The zero-order valence-corrected chi connectivity index (χ0v) is 14.1. The Bertz CT molecular complexity index is 600. The van der Waals surface area contributed by atoms with Gasteiger partial charge in [-0.3, -0.25) is 4.90 Å².